The smallest absolute Gasteiger partial charge is 0.241 e. The van der Waals surface area contributed by atoms with Gasteiger partial charge in [-0.25, -0.2) is 0 Å². The molecule has 0 aromatic heterocycles. The second kappa shape index (κ2) is 6.07. The molecule has 0 saturated heterocycles. The molecule has 83 valence electrons. The maximum Gasteiger partial charge on any atom is 0.241 e. The second-order valence-electron chi connectivity index (χ2n) is 2.99. The van der Waals surface area contributed by atoms with E-state index in [0.29, 0.717) is 5.56 Å². The van der Waals surface area contributed by atoms with Crippen molar-refractivity contribution in [2.75, 3.05) is 6.54 Å². The van der Waals surface area contributed by atoms with Gasteiger partial charge in [0, 0.05) is 5.56 Å². The van der Waals surface area contributed by atoms with E-state index >= 15 is 0 Å². The summed E-state index contributed by atoms with van der Waals surface area (Å²) in [7, 11) is 0. The standard InChI is InChI=1S/C11H10NO3S/c13-7-6-12-11(15)10(16)9(14)8-4-2-1-3-5-8/h1-5,10,16H,6H2,(H,12,15)/t10-/m0/s1. The molecule has 1 N–H and O–H groups in total. The molecule has 0 spiro atoms. The van der Waals surface area contributed by atoms with E-state index in [4.69, 9.17) is 0 Å². The van der Waals surface area contributed by atoms with Gasteiger partial charge in [0.05, 0.1) is 6.54 Å². The van der Waals surface area contributed by atoms with Crippen LogP contribution in [0.1, 0.15) is 10.4 Å². The Labute approximate surface area is 98.4 Å². The molecule has 0 bridgehead atoms. The Balaban J connectivity index is 2.67. The summed E-state index contributed by atoms with van der Waals surface area (Å²) in [4.78, 5) is 33.0. The van der Waals surface area contributed by atoms with Crippen LogP contribution >= 0.6 is 12.6 Å². The molecule has 1 aromatic carbocycles. The van der Waals surface area contributed by atoms with E-state index in [1.807, 2.05) is 0 Å². The van der Waals surface area contributed by atoms with Crippen molar-refractivity contribution < 1.29 is 14.4 Å². The van der Waals surface area contributed by atoms with Crippen LogP contribution in [0.15, 0.2) is 30.3 Å². The van der Waals surface area contributed by atoms with Crippen LogP contribution in [0.25, 0.3) is 0 Å². The average molecular weight is 236 g/mol. The van der Waals surface area contributed by atoms with E-state index < -0.39 is 16.9 Å². The van der Waals surface area contributed by atoms with Crippen molar-refractivity contribution in [3.8, 4) is 0 Å². The summed E-state index contributed by atoms with van der Waals surface area (Å²) in [6, 6.07) is 8.37. The van der Waals surface area contributed by atoms with Gasteiger partial charge in [-0.05, 0) is 0 Å². The lowest BCUT2D eigenvalue weighted by atomic mass is 10.1. The highest BCUT2D eigenvalue weighted by atomic mass is 32.1. The van der Waals surface area contributed by atoms with Crippen molar-refractivity contribution >= 4 is 30.6 Å². The number of amides is 1. The Kier molecular flexibility index (Phi) is 4.72. The minimum atomic E-state index is -1.10. The largest absolute Gasteiger partial charge is 0.347 e. The molecule has 0 aliphatic carbocycles. The minimum Gasteiger partial charge on any atom is -0.347 e. The van der Waals surface area contributed by atoms with Gasteiger partial charge < -0.3 is 5.32 Å². The van der Waals surface area contributed by atoms with Crippen LogP contribution in [0.2, 0.25) is 0 Å². The summed E-state index contributed by atoms with van der Waals surface area (Å²) in [6.45, 7) is -0.238. The van der Waals surface area contributed by atoms with E-state index in [1.165, 1.54) is 6.29 Å². The van der Waals surface area contributed by atoms with Crippen molar-refractivity contribution in [3.05, 3.63) is 35.9 Å². The Morgan fingerprint density at radius 2 is 1.94 bits per heavy atom. The Hall–Kier alpha value is -1.62. The van der Waals surface area contributed by atoms with Gasteiger partial charge in [0.15, 0.2) is 5.78 Å². The van der Waals surface area contributed by atoms with Crippen molar-refractivity contribution in [2.24, 2.45) is 0 Å². The van der Waals surface area contributed by atoms with Crippen LogP contribution < -0.4 is 5.32 Å². The number of hydrogen-bond donors (Lipinski definition) is 2. The highest BCUT2D eigenvalue weighted by Gasteiger charge is 2.23. The first-order valence-electron chi connectivity index (χ1n) is 4.57. The van der Waals surface area contributed by atoms with E-state index in [9.17, 15) is 14.4 Å². The topological polar surface area (TPSA) is 63.2 Å². The molecule has 1 radical (unpaired) electrons. The third-order valence-corrected chi connectivity index (χ3v) is 2.36. The van der Waals surface area contributed by atoms with Gasteiger partial charge in [0.25, 0.3) is 0 Å². The number of thiol groups is 1. The van der Waals surface area contributed by atoms with Crippen molar-refractivity contribution in [1.29, 1.82) is 0 Å². The highest BCUT2D eigenvalue weighted by Crippen LogP contribution is 2.07. The fraction of sp³-hybridized carbons (Fsp3) is 0.182. The molecule has 0 aliphatic rings. The molecule has 5 heteroatoms. The van der Waals surface area contributed by atoms with Crippen LogP contribution in [-0.4, -0.2) is 29.8 Å². The molecule has 1 amide bonds. The molecule has 0 unspecified atom stereocenters. The number of carbonyl (C=O) groups excluding carboxylic acids is 3. The lowest BCUT2D eigenvalue weighted by Gasteiger charge is -2.08. The molecule has 0 heterocycles. The molecule has 0 saturated carbocycles. The zero-order valence-electron chi connectivity index (χ0n) is 8.34. The number of benzene rings is 1. The number of carbonyl (C=O) groups is 2. The van der Waals surface area contributed by atoms with Crippen LogP contribution in [-0.2, 0) is 9.59 Å². The zero-order chi connectivity index (χ0) is 12.0. The predicted molar refractivity (Wildman–Crippen MR) is 62.2 cm³/mol. The quantitative estimate of drug-likeness (QED) is 0.442. The van der Waals surface area contributed by atoms with Crippen LogP contribution in [0.5, 0.6) is 0 Å². The van der Waals surface area contributed by atoms with Gasteiger partial charge in [-0.2, -0.15) is 12.6 Å². The van der Waals surface area contributed by atoms with Crippen molar-refractivity contribution in [3.63, 3.8) is 0 Å². The van der Waals surface area contributed by atoms with Crippen LogP contribution in [0.4, 0.5) is 0 Å². The van der Waals surface area contributed by atoms with Gasteiger partial charge >= 0.3 is 0 Å². The predicted octanol–water partition coefficient (Wildman–Crippen LogP) is 0.394. The first-order valence-corrected chi connectivity index (χ1v) is 5.08. The minimum absolute atomic E-state index is 0.238. The van der Waals surface area contributed by atoms with E-state index in [1.54, 1.807) is 30.3 Å². The van der Waals surface area contributed by atoms with E-state index in [-0.39, 0.29) is 6.54 Å². The Morgan fingerprint density at radius 3 is 2.50 bits per heavy atom. The second-order valence-corrected chi connectivity index (χ2v) is 3.51. The van der Waals surface area contributed by atoms with Gasteiger partial charge in [-0.1, -0.05) is 30.3 Å². The molecular weight excluding hydrogens is 226 g/mol. The van der Waals surface area contributed by atoms with Gasteiger partial charge in [0.2, 0.25) is 12.2 Å². The summed E-state index contributed by atoms with van der Waals surface area (Å²) in [6.07, 6.45) is 1.50. The first-order chi connectivity index (χ1) is 7.66. The normalized spacial score (nSPS) is 11.6. The summed E-state index contributed by atoms with van der Waals surface area (Å²) in [5.74, 6) is -0.993. The van der Waals surface area contributed by atoms with Crippen molar-refractivity contribution in [1.82, 2.24) is 5.32 Å². The Morgan fingerprint density at radius 1 is 1.31 bits per heavy atom. The fourth-order valence-electron chi connectivity index (χ4n) is 1.10. The monoisotopic (exact) mass is 236 g/mol. The van der Waals surface area contributed by atoms with Crippen LogP contribution in [0, 0.1) is 0 Å². The molecular formula is C11H10NO3S. The van der Waals surface area contributed by atoms with E-state index in [0.717, 1.165) is 0 Å². The SMILES string of the molecule is O=[C]CNC(=O)[C@@H](S)C(=O)c1ccccc1. The lowest BCUT2D eigenvalue weighted by molar-refractivity contribution is -0.119. The average Bonchev–Trinajstić information content (AvgIpc) is 2.35. The number of ketones is 1. The summed E-state index contributed by atoms with van der Waals surface area (Å²) in [5.41, 5.74) is 0.410. The molecule has 1 aromatic rings. The maximum absolute atomic E-state index is 11.7. The maximum atomic E-state index is 11.7. The van der Waals surface area contributed by atoms with Crippen LogP contribution in [0.3, 0.4) is 0 Å². The number of Topliss-reactive ketones (excluding diaryl/α,β-unsaturated/α-hetero) is 1. The van der Waals surface area contributed by atoms with Gasteiger partial charge in [-0.3, -0.25) is 14.4 Å². The third kappa shape index (κ3) is 3.20. The van der Waals surface area contributed by atoms with Gasteiger partial charge in [-0.15, -0.1) is 0 Å². The zero-order valence-corrected chi connectivity index (χ0v) is 9.24. The summed E-state index contributed by atoms with van der Waals surface area (Å²) >= 11 is 3.91. The molecule has 1 atom stereocenters. The third-order valence-electron chi connectivity index (χ3n) is 1.89. The van der Waals surface area contributed by atoms with Crippen molar-refractivity contribution in [2.45, 2.75) is 5.25 Å². The molecule has 1 rings (SSSR count). The van der Waals surface area contributed by atoms with Gasteiger partial charge in [0.1, 0.15) is 5.25 Å². The lowest BCUT2D eigenvalue weighted by Crippen LogP contribution is -2.37. The van der Waals surface area contributed by atoms with E-state index in [2.05, 4.69) is 17.9 Å². The summed E-state index contributed by atoms with van der Waals surface area (Å²) < 4.78 is 0. The Bertz CT molecular complexity index is 391. The highest BCUT2D eigenvalue weighted by molar-refractivity contribution is 7.82. The number of nitrogens with one attached hydrogen (secondary N) is 1. The summed E-state index contributed by atoms with van der Waals surface area (Å²) in [5, 5.41) is 1.12. The molecule has 16 heavy (non-hydrogen) atoms. The molecule has 0 fully saturated rings. The number of hydrogen-bond acceptors (Lipinski definition) is 4. The first kappa shape index (κ1) is 12.4. The molecule has 4 nitrogen and oxygen atoms in total. The molecule has 0 aliphatic heterocycles. The number of rotatable bonds is 5. The fourth-order valence-corrected chi connectivity index (χ4v) is 1.34.